The first-order chi connectivity index (χ1) is 6.76. The van der Waals surface area contributed by atoms with Crippen molar-refractivity contribution in [1.29, 1.82) is 0 Å². The standard InChI is InChI=1S/C11H13ClO2/c1-2-3-11(8-13)14-10-6-4-9(12)5-7-10/h4-8,11H,2-3H2,1H3. The average Bonchev–Trinajstić information content (AvgIpc) is 2.20. The Labute approximate surface area is 88.8 Å². The SMILES string of the molecule is CCCC(C=O)Oc1ccc(Cl)cc1. The third kappa shape index (κ3) is 3.38. The summed E-state index contributed by atoms with van der Waals surface area (Å²) < 4.78 is 5.43. The summed E-state index contributed by atoms with van der Waals surface area (Å²) in [6.45, 7) is 2.02. The van der Waals surface area contributed by atoms with Gasteiger partial charge < -0.3 is 4.74 Å². The van der Waals surface area contributed by atoms with Gasteiger partial charge >= 0.3 is 0 Å². The molecule has 0 bridgehead atoms. The van der Waals surface area contributed by atoms with Crippen LogP contribution >= 0.6 is 11.6 Å². The third-order valence-electron chi connectivity index (χ3n) is 1.83. The summed E-state index contributed by atoms with van der Waals surface area (Å²) in [6, 6.07) is 7.00. The van der Waals surface area contributed by atoms with Gasteiger partial charge in [-0.25, -0.2) is 0 Å². The molecular weight excluding hydrogens is 200 g/mol. The number of hydrogen-bond acceptors (Lipinski definition) is 2. The highest BCUT2D eigenvalue weighted by Crippen LogP contribution is 2.17. The predicted molar refractivity (Wildman–Crippen MR) is 56.8 cm³/mol. The Morgan fingerprint density at radius 2 is 2.07 bits per heavy atom. The number of benzene rings is 1. The molecule has 1 rings (SSSR count). The minimum absolute atomic E-state index is 0.346. The van der Waals surface area contributed by atoms with Crippen molar-refractivity contribution in [3.05, 3.63) is 29.3 Å². The highest BCUT2D eigenvalue weighted by atomic mass is 35.5. The summed E-state index contributed by atoms with van der Waals surface area (Å²) in [7, 11) is 0. The number of aldehydes is 1. The molecule has 0 N–H and O–H groups in total. The molecule has 1 aromatic rings. The van der Waals surface area contributed by atoms with E-state index in [1.165, 1.54) is 0 Å². The number of ether oxygens (including phenoxy) is 1. The minimum Gasteiger partial charge on any atom is -0.483 e. The topological polar surface area (TPSA) is 26.3 Å². The molecule has 0 aliphatic carbocycles. The van der Waals surface area contributed by atoms with E-state index < -0.39 is 0 Å². The van der Waals surface area contributed by atoms with Crippen LogP contribution in [0.25, 0.3) is 0 Å². The maximum atomic E-state index is 10.6. The first kappa shape index (κ1) is 11.1. The molecule has 0 radical (unpaired) electrons. The summed E-state index contributed by atoms with van der Waals surface area (Å²) in [5.41, 5.74) is 0. The van der Waals surface area contributed by atoms with Gasteiger partial charge in [-0.1, -0.05) is 24.9 Å². The van der Waals surface area contributed by atoms with Crippen molar-refractivity contribution >= 4 is 17.9 Å². The molecule has 0 fully saturated rings. The van der Waals surface area contributed by atoms with Crippen LogP contribution in [-0.4, -0.2) is 12.4 Å². The Morgan fingerprint density at radius 3 is 2.57 bits per heavy atom. The fourth-order valence-electron chi connectivity index (χ4n) is 1.13. The molecule has 0 aromatic heterocycles. The van der Waals surface area contributed by atoms with Crippen LogP contribution in [0.1, 0.15) is 19.8 Å². The van der Waals surface area contributed by atoms with E-state index in [2.05, 4.69) is 0 Å². The maximum Gasteiger partial charge on any atom is 0.160 e. The van der Waals surface area contributed by atoms with Crippen LogP contribution in [0.3, 0.4) is 0 Å². The molecule has 1 aromatic carbocycles. The van der Waals surface area contributed by atoms with Crippen LogP contribution in [0.5, 0.6) is 5.75 Å². The van der Waals surface area contributed by atoms with Crippen molar-refractivity contribution < 1.29 is 9.53 Å². The third-order valence-corrected chi connectivity index (χ3v) is 2.08. The lowest BCUT2D eigenvalue weighted by Gasteiger charge is -2.12. The quantitative estimate of drug-likeness (QED) is 0.702. The summed E-state index contributed by atoms with van der Waals surface area (Å²) in [5.74, 6) is 0.681. The predicted octanol–water partition coefficient (Wildman–Crippen LogP) is 3.09. The van der Waals surface area contributed by atoms with Crippen molar-refractivity contribution in [2.75, 3.05) is 0 Å². The molecule has 14 heavy (non-hydrogen) atoms. The van der Waals surface area contributed by atoms with Gasteiger partial charge in [0.1, 0.15) is 5.75 Å². The van der Waals surface area contributed by atoms with Crippen LogP contribution in [0.4, 0.5) is 0 Å². The molecule has 0 amide bonds. The smallest absolute Gasteiger partial charge is 0.160 e. The van der Waals surface area contributed by atoms with Gasteiger partial charge in [0, 0.05) is 5.02 Å². The Kier molecular flexibility index (Phi) is 4.47. The van der Waals surface area contributed by atoms with Crippen LogP contribution < -0.4 is 4.74 Å². The lowest BCUT2D eigenvalue weighted by Crippen LogP contribution is -2.17. The van der Waals surface area contributed by atoms with Crippen LogP contribution in [-0.2, 0) is 4.79 Å². The summed E-state index contributed by atoms with van der Waals surface area (Å²) in [6.07, 6.45) is 2.16. The van der Waals surface area contributed by atoms with Crippen molar-refractivity contribution in [2.45, 2.75) is 25.9 Å². The van der Waals surface area contributed by atoms with Gasteiger partial charge in [0.15, 0.2) is 12.4 Å². The monoisotopic (exact) mass is 212 g/mol. The zero-order chi connectivity index (χ0) is 10.4. The molecule has 0 saturated carbocycles. The van der Waals surface area contributed by atoms with Gasteiger partial charge in [-0.15, -0.1) is 0 Å². The van der Waals surface area contributed by atoms with Crippen molar-refractivity contribution in [3.63, 3.8) is 0 Å². The Morgan fingerprint density at radius 1 is 1.43 bits per heavy atom. The van der Waals surface area contributed by atoms with Gasteiger partial charge in [-0.3, -0.25) is 4.79 Å². The van der Waals surface area contributed by atoms with E-state index in [9.17, 15) is 4.79 Å². The largest absolute Gasteiger partial charge is 0.483 e. The number of carbonyl (C=O) groups excluding carboxylic acids is 1. The number of rotatable bonds is 5. The van der Waals surface area contributed by atoms with Crippen LogP contribution in [0.15, 0.2) is 24.3 Å². The van der Waals surface area contributed by atoms with E-state index >= 15 is 0 Å². The van der Waals surface area contributed by atoms with E-state index in [-0.39, 0.29) is 6.10 Å². The maximum absolute atomic E-state index is 10.6. The van der Waals surface area contributed by atoms with Gasteiger partial charge in [0.05, 0.1) is 0 Å². The van der Waals surface area contributed by atoms with E-state index in [4.69, 9.17) is 16.3 Å². The van der Waals surface area contributed by atoms with Crippen molar-refractivity contribution in [3.8, 4) is 5.75 Å². The highest BCUT2D eigenvalue weighted by Gasteiger charge is 2.06. The normalized spacial score (nSPS) is 12.1. The molecule has 1 atom stereocenters. The molecule has 0 heterocycles. The average molecular weight is 213 g/mol. The minimum atomic E-state index is -0.346. The highest BCUT2D eigenvalue weighted by molar-refractivity contribution is 6.30. The molecule has 0 spiro atoms. The molecule has 0 aliphatic rings. The molecule has 0 saturated heterocycles. The van der Waals surface area contributed by atoms with Gasteiger partial charge in [-0.2, -0.15) is 0 Å². The molecule has 3 heteroatoms. The van der Waals surface area contributed by atoms with Crippen molar-refractivity contribution in [2.24, 2.45) is 0 Å². The molecular formula is C11H13ClO2. The second-order valence-corrected chi connectivity index (χ2v) is 3.47. The molecule has 76 valence electrons. The van der Waals surface area contributed by atoms with Crippen LogP contribution in [0.2, 0.25) is 5.02 Å². The Balaban J connectivity index is 2.57. The first-order valence-electron chi connectivity index (χ1n) is 4.63. The van der Waals surface area contributed by atoms with E-state index in [1.54, 1.807) is 24.3 Å². The summed E-state index contributed by atoms with van der Waals surface area (Å²) in [5, 5.41) is 0.662. The van der Waals surface area contributed by atoms with Crippen molar-refractivity contribution in [1.82, 2.24) is 0 Å². The number of carbonyl (C=O) groups is 1. The summed E-state index contributed by atoms with van der Waals surface area (Å²) >= 11 is 5.72. The van der Waals surface area contributed by atoms with Crippen LogP contribution in [0, 0.1) is 0 Å². The lowest BCUT2D eigenvalue weighted by molar-refractivity contribution is -0.113. The van der Waals surface area contributed by atoms with Gasteiger partial charge in [-0.05, 0) is 30.7 Å². The lowest BCUT2D eigenvalue weighted by atomic mass is 10.2. The second-order valence-electron chi connectivity index (χ2n) is 3.03. The Hall–Kier alpha value is -1.02. The van der Waals surface area contributed by atoms with E-state index in [0.29, 0.717) is 10.8 Å². The first-order valence-corrected chi connectivity index (χ1v) is 5.01. The fourth-order valence-corrected chi connectivity index (χ4v) is 1.25. The molecule has 2 nitrogen and oxygen atoms in total. The second kappa shape index (κ2) is 5.66. The number of halogens is 1. The Bertz CT molecular complexity index is 282. The zero-order valence-corrected chi connectivity index (χ0v) is 8.83. The zero-order valence-electron chi connectivity index (χ0n) is 8.07. The molecule has 0 aliphatic heterocycles. The summed E-state index contributed by atoms with van der Waals surface area (Å²) in [4.78, 5) is 10.6. The van der Waals surface area contributed by atoms with E-state index in [1.807, 2.05) is 6.92 Å². The van der Waals surface area contributed by atoms with Gasteiger partial charge in [0.2, 0.25) is 0 Å². The fraction of sp³-hybridized carbons (Fsp3) is 0.364. The van der Waals surface area contributed by atoms with Gasteiger partial charge in [0.25, 0.3) is 0 Å². The molecule has 1 unspecified atom stereocenters. The van der Waals surface area contributed by atoms with E-state index in [0.717, 1.165) is 19.1 Å². The number of hydrogen-bond donors (Lipinski definition) is 0.